The highest BCUT2D eigenvalue weighted by atomic mass is 32.1. The molecule has 1 atom stereocenters. The van der Waals surface area contributed by atoms with E-state index in [1.54, 1.807) is 7.11 Å². The average molecular weight is 301 g/mol. The van der Waals surface area contributed by atoms with Crippen molar-refractivity contribution in [1.82, 2.24) is 0 Å². The van der Waals surface area contributed by atoms with E-state index in [0.717, 1.165) is 11.4 Å². The fourth-order valence-corrected chi connectivity index (χ4v) is 3.75. The fraction of sp³-hybridized carbons (Fsp3) is 0.312. The van der Waals surface area contributed by atoms with Gasteiger partial charge < -0.3 is 15.4 Å². The fourth-order valence-electron chi connectivity index (χ4n) is 2.77. The van der Waals surface area contributed by atoms with Gasteiger partial charge in [0.05, 0.1) is 19.7 Å². The van der Waals surface area contributed by atoms with Crippen LogP contribution in [0.4, 0.5) is 5.69 Å². The van der Waals surface area contributed by atoms with Gasteiger partial charge in [0.15, 0.2) is 5.96 Å². The van der Waals surface area contributed by atoms with Gasteiger partial charge in [-0.25, -0.2) is 0 Å². The molecule has 5 heteroatoms. The number of guanidine groups is 1. The Labute approximate surface area is 128 Å². The van der Waals surface area contributed by atoms with E-state index in [4.69, 9.17) is 10.5 Å². The molecule has 0 saturated heterocycles. The van der Waals surface area contributed by atoms with Crippen LogP contribution in [-0.4, -0.2) is 19.6 Å². The summed E-state index contributed by atoms with van der Waals surface area (Å²) in [6, 6.07) is 10.4. The van der Waals surface area contributed by atoms with Gasteiger partial charge in [-0.05, 0) is 49.7 Å². The van der Waals surface area contributed by atoms with E-state index in [1.165, 1.54) is 15.3 Å². The summed E-state index contributed by atoms with van der Waals surface area (Å²) in [5.74, 6) is 1.42. The number of anilines is 1. The average Bonchev–Trinajstić information content (AvgIpc) is 3.01. The van der Waals surface area contributed by atoms with Gasteiger partial charge in [0.25, 0.3) is 0 Å². The van der Waals surface area contributed by atoms with Gasteiger partial charge >= 0.3 is 0 Å². The molecule has 0 fully saturated rings. The minimum absolute atomic E-state index is 0.184. The first-order chi connectivity index (χ1) is 10.1. The molecule has 4 nitrogen and oxygen atoms in total. The van der Waals surface area contributed by atoms with Crippen LogP contribution in [0.5, 0.6) is 5.75 Å². The van der Waals surface area contributed by atoms with Crippen LogP contribution in [0.3, 0.4) is 0 Å². The largest absolute Gasteiger partial charge is 0.497 e. The number of rotatable bonds is 3. The van der Waals surface area contributed by atoms with E-state index in [1.807, 2.05) is 35.6 Å². The highest BCUT2D eigenvalue weighted by Crippen LogP contribution is 2.36. The minimum Gasteiger partial charge on any atom is -0.497 e. The number of hydrogen-bond donors (Lipinski definition) is 1. The summed E-state index contributed by atoms with van der Waals surface area (Å²) in [7, 11) is 1.67. The second-order valence-corrected chi connectivity index (χ2v) is 6.61. The van der Waals surface area contributed by atoms with Crippen molar-refractivity contribution in [2.24, 2.45) is 10.7 Å². The molecule has 21 heavy (non-hydrogen) atoms. The van der Waals surface area contributed by atoms with E-state index >= 15 is 0 Å². The Balaban J connectivity index is 1.97. The first kappa shape index (κ1) is 13.9. The SMILES string of the molecule is COc1ccc(N2C(N)=NCC2c2cc(C)sc2C)cc1. The lowest BCUT2D eigenvalue weighted by Gasteiger charge is -2.26. The van der Waals surface area contributed by atoms with E-state index in [-0.39, 0.29) is 6.04 Å². The highest BCUT2D eigenvalue weighted by Gasteiger charge is 2.30. The van der Waals surface area contributed by atoms with Crippen LogP contribution in [0.2, 0.25) is 0 Å². The lowest BCUT2D eigenvalue weighted by molar-refractivity contribution is 0.415. The van der Waals surface area contributed by atoms with Crippen LogP contribution >= 0.6 is 11.3 Å². The smallest absolute Gasteiger partial charge is 0.196 e. The Hall–Kier alpha value is -2.01. The van der Waals surface area contributed by atoms with Crippen LogP contribution in [0.1, 0.15) is 21.4 Å². The number of benzene rings is 1. The zero-order chi connectivity index (χ0) is 15.0. The molecule has 110 valence electrons. The summed E-state index contributed by atoms with van der Waals surface area (Å²) < 4.78 is 5.21. The zero-order valence-electron chi connectivity index (χ0n) is 12.5. The molecule has 0 saturated carbocycles. The van der Waals surface area contributed by atoms with Gasteiger partial charge in [-0.2, -0.15) is 0 Å². The van der Waals surface area contributed by atoms with Gasteiger partial charge in [-0.1, -0.05) is 0 Å². The molecule has 0 aliphatic carbocycles. The standard InChI is InChI=1S/C16H19N3OS/c1-10-8-14(11(2)21-10)15-9-18-16(17)19(15)12-4-6-13(20-3)7-5-12/h4-8,15H,9H2,1-3H3,(H2,17,18). The number of nitrogens with zero attached hydrogens (tertiary/aromatic N) is 2. The second kappa shape index (κ2) is 5.41. The van der Waals surface area contributed by atoms with Crippen molar-refractivity contribution in [2.75, 3.05) is 18.6 Å². The third kappa shape index (κ3) is 2.49. The molecule has 1 unspecified atom stereocenters. The number of aliphatic imine (C=N–C) groups is 1. The molecule has 0 bridgehead atoms. The predicted octanol–water partition coefficient (Wildman–Crippen LogP) is 3.25. The molecule has 1 aliphatic rings. The van der Waals surface area contributed by atoms with Crippen molar-refractivity contribution in [1.29, 1.82) is 0 Å². The Bertz CT molecular complexity index is 675. The molecule has 0 radical (unpaired) electrons. The molecule has 2 heterocycles. The molecule has 0 amide bonds. The first-order valence-corrected chi connectivity index (χ1v) is 7.72. The third-order valence-corrected chi connectivity index (χ3v) is 4.76. The van der Waals surface area contributed by atoms with Crippen molar-refractivity contribution in [3.63, 3.8) is 0 Å². The van der Waals surface area contributed by atoms with Crippen molar-refractivity contribution >= 4 is 23.0 Å². The van der Waals surface area contributed by atoms with E-state index in [2.05, 4.69) is 29.8 Å². The molecular weight excluding hydrogens is 282 g/mol. The Morgan fingerprint density at radius 2 is 2.00 bits per heavy atom. The predicted molar refractivity (Wildman–Crippen MR) is 88.5 cm³/mol. The van der Waals surface area contributed by atoms with Crippen LogP contribution in [0.25, 0.3) is 0 Å². The lowest BCUT2D eigenvalue weighted by Crippen LogP contribution is -2.36. The maximum atomic E-state index is 6.11. The monoisotopic (exact) mass is 301 g/mol. The van der Waals surface area contributed by atoms with Gasteiger partial charge in [0.1, 0.15) is 5.75 Å². The molecular formula is C16H19N3OS. The van der Waals surface area contributed by atoms with Gasteiger partial charge in [-0.3, -0.25) is 4.99 Å². The zero-order valence-corrected chi connectivity index (χ0v) is 13.3. The summed E-state index contributed by atoms with van der Waals surface area (Å²) in [6.07, 6.45) is 0. The number of nitrogens with two attached hydrogens (primary N) is 1. The van der Waals surface area contributed by atoms with Gasteiger partial charge in [0.2, 0.25) is 0 Å². The van der Waals surface area contributed by atoms with Crippen molar-refractivity contribution < 1.29 is 4.74 Å². The lowest BCUT2D eigenvalue weighted by atomic mass is 10.1. The second-order valence-electron chi connectivity index (χ2n) is 5.15. The number of ether oxygens (including phenoxy) is 1. The van der Waals surface area contributed by atoms with Crippen molar-refractivity contribution in [3.8, 4) is 5.75 Å². The maximum absolute atomic E-state index is 6.11. The summed E-state index contributed by atoms with van der Waals surface area (Å²) in [4.78, 5) is 9.20. The van der Waals surface area contributed by atoms with E-state index in [9.17, 15) is 0 Å². The van der Waals surface area contributed by atoms with Crippen LogP contribution < -0.4 is 15.4 Å². The Morgan fingerprint density at radius 1 is 1.29 bits per heavy atom. The van der Waals surface area contributed by atoms with Crippen LogP contribution in [-0.2, 0) is 0 Å². The molecule has 0 spiro atoms. The maximum Gasteiger partial charge on any atom is 0.196 e. The Kier molecular flexibility index (Phi) is 3.59. The molecule has 1 aliphatic heterocycles. The Morgan fingerprint density at radius 3 is 2.57 bits per heavy atom. The minimum atomic E-state index is 0.184. The topological polar surface area (TPSA) is 50.9 Å². The van der Waals surface area contributed by atoms with Crippen LogP contribution in [0.15, 0.2) is 35.3 Å². The number of thiophene rings is 1. The molecule has 3 rings (SSSR count). The summed E-state index contributed by atoms with van der Waals surface area (Å²) in [5.41, 5.74) is 8.48. The quantitative estimate of drug-likeness (QED) is 0.946. The van der Waals surface area contributed by atoms with Crippen LogP contribution in [0, 0.1) is 13.8 Å². The van der Waals surface area contributed by atoms with Crippen molar-refractivity contribution in [2.45, 2.75) is 19.9 Å². The summed E-state index contributed by atoms with van der Waals surface area (Å²) in [5, 5.41) is 0. The molecule has 1 aromatic carbocycles. The molecule has 2 aromatic rings. The normalized spacial score (nSPS) is 18.0. The molecule has 1 aromatic heterocycles. The third-order valence-electron chi connectivity index (χ3n) is 3.77. The number of methoxy groups -OCH3 is 1. The van der Waals surface area contributed by atoms with Gasteiger partial charge in [-0.15, -0.1) is 11.3 Å². The molecule has 2 N–H and O–H groups in total. The first-order valence-electron chi connectivity index (χ1n) is 6.90. The van der Waals surface area contributed by atoms with Gasteiger partial charge in [0, 0.05) is 15.4 Å². The number of hydrogen-bond acceptors (Lipinski definition) is 5. The number of aryl methyl sites for hydroxylation is 2. The van der Waals surface area contributed by atoms with E-state index < -0.39 is 0 Å². The summed E-state index contributed by atoms with van der Waals surface area (Å²) in [6.45, 7) is 5.00. The van der Waals surface area contributed by atoms with E-state index in [0.29, 0.717) is 12.5 Å². The highest BCUT2D eigenvalue weighted by molar-refractivity contribution is 7.12. The summed E-state index contributed by atoms with van der Waals surface area (Å²) >= 11 is 1.82. The van der Waals surface area contributed by atoms with Crippen molar-refractivity contribution in [3.05, 3.63) is 45.6 Å².